The predicted octanol–water partition coefficient (Wildman–Crippen LogP) is 1.58. The maximum atomic E-state index is 12.7. The summed E-state index contributed by atoms with van der Waals surface area (Å²) in [6.45, 7) is 6.92. The molecule has 1 aromatic carbocycles. The van der Waals surface area contributed by atoms with Crippen molar-refractivity contribution in [3.63, 3.8) is 0 Å². The van der Waals surface area contributed by atoms with Crippen LogP contribution in [0.3, 0.4) is 0 Å². The summed E-state index contributed by atoms with van der Waals surface area (Å²) in [5.74, 6) is 1.39. The van der Waals surface area contributed by atoms with Crippen LogP contribution in [-0.4, -0.2) is 74.2 Å². The van der Waals surface area contributed by atoms with Gasteiger partial charge in [-0.1, -0.05) is 11.6 Å². The van der Waals surface area contributed by atoms with E-state index in [1.807, 2.05) is 17.0 Å². The Morgan fingerprint density at radius 1 is 1.19 bits per heavy atom. The molecular weight excluding hydrogens is 377 g/mol. The van der Waals surface area contributed by atoms with E-state index in [4.69, 9.17) is 21.1 Å². The molecule has 2 fully saturated rings. The van der Waals surface area contributed by atoms with Gasteiger partial charge in [0.15, 0.2) is 11.5 Å². The lowest BCUT2D eigenvalue weighted by atomic mass is 10.1. The highest BCUT2D eigenvalue weighted by atomic mass is 35.5. The van der Waals surface area contributed by atoms with E-state index in [0.717, 1.165) is 51.3 Å². The number of nitrogens with one attached hydrogen (secondary N) is 1. The van der Waals surface area contributed by atoms with Crippen LogP contribution >= 0.6 is 24.0 Å². The van der Waals surface area contributed by atoms with Crippen LogP contribution in [0.5, 0.6) is 11.5 Å². The van der Waals surface area contributed by atoms with E-state index >= 15 is 0 Å². The second-order valence-corrected chi connectivity index (χ2v) is 7.25. The molecule has 8 heteroatoms. The Kier molecular flexibility index (Phi) is 6.51. The normalized spacial score (nSPS) is 22.8. The van der Waals surface area contributed by atoms with E-state index in [1.54, 1.807) is 0 Å². The first kappa shape index (κ1) is 19.5. The summed E-state index contributed by atoms with van der Waals surface area (Å²) < 4.78 is 11.1. The standard InChI is InChI=1S/C18H24ClN3O3.ClH/c19-15-9-13(10-16-18(15)25-8-7-24-16)11-17(23)22-4-1-14(12-22)21-5-2-20-3-6-21;/h9-10,14,20H,1-8,11-12H2;1H. The number of amides is 1. The van der Waals surface area contributed by atoms with Crippen LogP contribution in [0.2, 0.25) is 5.02 Å². The van der Waals surface area contributed by atoms with Gasteiger partial charge in [-0.15, -0.1) is 12.4 Å². The summed E-state index contributed by atoms with van der Waals surface area (Å²) in [6, 6.07) is 4.19. The van der Waals surface area contributed by atoms with Crippen LogP contribution in [0.1, 0.15) is 12.0 Å². The van der Waals surface area contributed by atoms with Crippen LogP contribution in [0.4, 0.5) is 0 Å². The minimum Gasteiger partial charge on any atom is -0.486 e. The molecule has 6 nitrogen and oxygen atoms in total. The Morgan fingerprint density at radius 3 is 2.77 bits per heavy atom. The van der Waals surface area contributed by atoms with Gasteiger partial charge in [-0.25, -0.2) is 0 Å². The fourth-order valence-electron chi connectivity index (χ4n) is 3.87. The zero-order valence-corrected chi connectivity index (χ0v) is 16.3. The third-order valence-electron chi connectivity index (χ3n) is 5.20. The highest BCUT2D eigenvalue weighted by Crippen LogP contribution is 2.38. The summed E-state index contributed by atoms with van der Waals surface area (Å²) in [4.78, 5) is 17.2. The van der Waals surface area contributed by atoms with Gasteiger partial charge in [0.2, 0.25) is 5.91 Å². The molecule has 1 unspecified atom stereocenters. The summed E-state index contributed by atoms with van der Waals surface area (Å²) in [7, 11) is 0. The fourth-order valence-corrected chi connectivity index (χ4v) is 4.15. The van der Waals surface area contributed by atoms with Crippen molar-refractivity contribution in [3.05, 3.63) is 22.7 Å². The Morgan fingerprint density at radius 2 is 1.96 bits per heavy atom. The lowest BCUT2D eigenvalue weighted by molar-refractivity contribution is -0.129. The van der Waals surface area contributed by atoms with Gasteiger partial charge < -0.3 is 19.7 Å². The highest BCUT2D eigenvalue weighted by molar-refractivity contribution is 6.32. The minimum absolute atomic E-state index is 0. The molecule has 3 heterocycles. The van der Waals surface area contributed by atoms with Crippen LogP contribution < -0.4 is 14.8 Å². The summed E-state index contributed by atoms with van der Waals surface area (Å²) in [5, 5.41) is 3.89. The molecule has 0 saturated carbocycles. The number of fused-ring (bicyclic) bond motifs is 1. The van der Waals surface area contributed by atoms with Gasteiger partial charge in [0, 0.05) is 45.3 Å². The number of likely N-dealkylation sites (tertiary alicyclic amines) is 1. The average molecular weight is 402 g/mol. The van der Waals surface area contributed by atoms with Crippen molar-refractivity contribution >= 4 is 29.9 Å². The van der Waals surface area contributed by atoms with E-state index < -0.39 is 0 Å². The fraction of sp³-hybridized carbons (Fsp3) is 0.611. The molecular formula is C18H25Cl2N3O3. The van der Waals surface area contributed by atoms with Gasteiger partial charge >= 0.3 is 0 Å². The Hall–Kier alpha value is -1.21. The van der Waals surface area contributed by atoms with Crippen molar-refractivity contribution in [1.29, 1.82) is 0 Å². The van der Waals surface area contributed by atoms with Crippen LogP contribution in [0.15, 0.2) is 12.1 Å². The maximum Gasteiger partial charge on any atom is 0.227 e. The van der Waals surface area contributed by atoms with Crippen LogP contribution in [0, 0.1) is 0 Å². The van der Waals surface area contributed by atoms with E-state index in [-0.39, 0.29) is 18.3 Å². The van der Waals surface area contributed by atoms with Crippen molar-refractivity contribution in [2.24, 2.45) is 0 Å². The quantitative estimate of drug-likeness (QED) is 0.832. The average Bonchev–Trinajstić information content (AvgIpc) is 3.13. The van der Waals surface area contributed by atoms with Crippen molar-refractivity contribution in [2.45, 2.75) is 18.9 Å². The van der Waals surface area contributed by atoms with Crippen LogP contribution in [-0.2, 0) is 11.2 Å². The first-order valence-electron chi connectivity index (χ1n) is 9.01. The number of hydrogen-bond acceptors (Lipinski definition) is 5. The number of rotatable bonds is 3. The molecule has 1 amide bonds. The van der Waals surface area contributed by atoms with E-state index in [1.165, 1.54) is 0 Å². The molecule has 0 spiro atoms. The summed E-state index contributed by atoms with van der Waals surface area (Å²) >= 11 is 6.27. The van der Waals surface area contributed by atoms with E-state index in [9.17, 15) is 4.79 Å². The minimum atomic E-state index is 0. The zero-order valence-electron chi connectivity index (χ0n) is 14.7. The molecule has 144 valence electrons. The highest BCUT2D eigenvalue weighted by Gasteiger charge is 2.31. The first-order chi connectivity index (χ1) is 12.2. The number of ether oxygens (including phenoxy) is 2. The van der Waals surface area contributed by atoms with Gasteiger partial charge in [-0.2, -0.15) is 0 Å². The monoisotopic (exact) mass is 401 g/mol. The molecule has 2 saturated heterocycles. The molecule has 1 aromatic rings. The van der Waals surface area contributed by atoms with Crippen molar-refractivity contribution in [3.8, 4) is 11.5 Å². The summed E-state index contributed by atoms with van der Waals surface area (Å²) in [6.07, 6.45) is 1.41. The SMILES string of the molecule is Cl.O=C(Cc1cc(Cl)c2c(c1)OCCO2)N1CCC(N2CCNCC2)C1. The largest absolute Gasteiger partial charge is 0.486 e. The maximum absolute atomic E-state index is 12.7. The number of hydrogen-bond donors (Lipinski definition) is 1. The van der Waals surface area contributed by atoms with Crippen LogP contribution in [0.25, 0.3) is 0 Å². The topological polar surface area (TPSA) is 54.0 Å². The molecule has 1 N–H and O–H groups in total. The van der Waals surface area contributed by atoms with Gasteiger partial charge in [-0.05, 0) is 24.1 Å². The number of piperazine rings is 1. The van der Waals surface area contributed by atoms with Gasteiger partial charge in [0.25, 0.3) is 0 Å². The molecule has 4 rings (SSSR count). The smallest absolute Gasteiger partial charge is 0.227 e. The molecule has 3 aliphatic rings. The number of carbonyl (C=O) groups is 1. The number of benzene rings is 1. The Labute approximate surface area is 165 Å². The predicted molar refractivity (Wildman–Crippen MR) is 103 cm³/mol. The number of nitrogens with zero attached hydrogens (tertiary/aromatic N) is 2. The molecule has 1 atom stereocenters. The number of carbonyl (C=O) groups excluding carboxylic acids is 1. The molecule has 0 aliphatic carbocycles. The van der Waals surface area contributed by atoms with Crippen molar-refractivity contribution in [2.75, 3.05) is 52.5 Å². The summed E-state index contributed by atoms with van der Waals surface area (Å²) in [5.41, 5.74) is 0.880. The van der Waals surface area contributed by atoms with Gasteiger partial charge in [0.1, 0.15) is 13.2 Å². The molecule has 26 heavy (non-hydrogen) atoms. The molecule has 0 aromatic heterocycles. The van der Waals surface area contributed by atoms with E-state index in [0.29, 0.717) is 42.2 Å². The third kappa shape index (κ3) is 4.19. The third-order valence-corrected chi connectivity index (χ3v) is 5.48. The zero-order chi connectivity index (χ0) is 17.2. The Balaban J connectivity index is 0.00000196. The van der Waals surface area contributed by atoms with Crippen molar-refractivity contribution < 1.29 is 14.3 Å². The second-order valence-electron chi connectivity index (χ2n) is 6.85. The van der Waals surface area contributed by atoms with E-state index in [2.05, 4.69) is 10.2 Å². The molecule has 0 bridgehead atoms. The second kappa shape index (κ2) is 8.65. The van der Waals surface area contributed by atoms with Gasteiger partial charge in [0.05, 0.1) is 11.4 Å². The first-order valence-corrected chi connectivity index (χ1v) is 9.39. The molecule has 3 aliphatic heterocycles. The van der Waals surface area contributed by atoms with Crippen molar-refractivity contribution in [1.82, 2.24) is 15.1 Å². The Bertz CT molecular complexity index is 653. The van der Waals surface area contributed by atoms with Gasteiger partial charge in [-0.3, -0.25) is 9.69 Å². The number of halogens is 2. The lowest BCUT2D eigenvalue weighted by Crippen LogP contribution is -2.49. The lowest BCUT2D eigenvalue weighted by Gasteiger charge is -2.32. The molecule has 0 radical (unpaired) electrons.